The highest BCUT2D eigenvalue weighted by molar-refractivity contribution is 5.98. The number of rotatable bonds is 11. The van der Waals surface area contributed by atoms with E-state index in [1.807, 2.05) is 0 Å². The van der Waals surface area contributed by atoms with Gasteiger partial charge in [0.15, 0.2) is 63.7 Å². The van der Waals surface area contributed by atoms with Gasteiger partial charge in [0, 0.05) is 78.9 Å². The van der Waals surface area contributed by atoms with Crippen LogP contribution in [0.1, 0.15) is 44.0 Å². The zero-order valence-corrected chi connectivity index (χ0v) is 48.9. The number of hydrogen-bond acceptors (Lipinski definition) is 15. The first-order valence-electron chi connectivity index (χ1n) is 26.9. The molecule has 8 aromatic carbocycles. The van der Waals surface area contributed by atoms with E-state index >= 15 is 0 Å². The van der Waals surface area contributed by atoms with Gasteiger partial charge in [0.2, 0.25) is 0 Å². The van der Waals surface area contributed by atoms with E-state index < -0.39 is 109 Å². The standard InChI is InChI=1S/C16H20F2N2O3.C12H10F2N2O.C12H7F2NO3.C12H9F2NO.C6H4F2O.C6H4FNO2/c1-16(2,3)23-15(22)20-6-4-5-10(9-20)14(21)13-11(17)7-19-8-12(13)18;13-8-1-6-11(14)12(7-8)17-10-4-2-9(16-15)3-5-10;13-8-1-6-11(14)12(7-8)18-10-4-2-9(3-5-10)15(16)17;13-8-1-6-11(14)12(7-8)16-10-4-2-9(15)3-5-10;7-4-1-2-5(8)6(9)3-4;7-5-1-3-6(4-2-5)8(9)10/h7-8,10H,4-6,9H2,1-3H3;1-7,16H,15H2;1-7H;1-7H,15H2;1-3,9H;1-4H. The third kappa shape index (κ3) is 24.2. The fourth-order valence-electron chi connectivity index (χ4n) is 7.42. The van der Waals surface area contributed by atoms with Gasteiger partial charge < -0.3 is 40.1 Å². The Balaban J connectivity index is 0.000000207. The molecule has 29 heteroatoms. The second-order valence-electron chi connectivity index (χ2n) is 20.0. The average Bonchev–Trinajstić information content (AvgIpc) is 1.38. The van der Waals surface area contributed by atoms with Crippen LogP contribution in [0.15, 0.2) is 182 Å². The molecule has 0 saturated carbocycles. The maximum atomic E-state index is 13.7. The molecule has 1 saturated heterocycles. The third-order valence-electron chi connectivity index (χ3n) is 11.8. The Hall–Kier alpha value is -11.4. The van der Waals surface area contributed by atoms with Crippen molar-refractivity contribution in [1.82, 2.24) is 9.88 Å². The number of carbonyl (C=O) groups is 2. The summed E-state index contributed by atoms with van der Waals surface area (Å²) in [5.41, 5.74) is 7.77. The topological polar surface area (TPSA) is 258 Å². The molecule has 0 spiro atoms. The number of phenols is 1. The summed E-state index contributed by atoms with van der Waals surface area (Å²) in [4.78, 5) is 48.6. The van der Waals surface area contributed by atoms with Crippen molar-refractivity contribution in [1.29, 1.82) is 0 Å². The number of nitrogens with zero attached hydrogens (tertiary/aromatic N) is 4. The number of pyridine rings is 1. The van der Waals surface area contributed by atoms with E-state index in [2.05, 4.69) is 10.4 Å². The number of likely N-dealkylation sites (tertiary alicyclic amines) is 1. The number of non-ortho nitro benzene ring substituents is 2. The number of ketones is 1. The quantitative estimate of drug-likeness (QED) is 0.0234. The maximum absolute atomic E-state index is 13.7. The molecule has 9 aromatic rings. The number of Topliss-reactive ketones (excluding diaryl/α,β-unsaturated/α-hetero) is 1. The number of nitrogens with one attached hydrogen (secondary N) is 1. The van der Waals surface area contributed by atoms with Crippen LogP contribution >= 0.6 is 0 Å². The van der Waals surface area contributed by atoms with Gasteiger partial charge in [-0.1, -0.05) is 0 Å². The van der Waals surface area contributed by atoms with Crippen LogP contribution in [0.3, 0.4) is 0 Å². The monoisotopic (exact) mass is 1310 g/mol. The molecule has 1 atom stereocenters. The number of ether oxygens (including phenoxy) is 4. The number of nitro benzene ring substituents is 2. The number of anilines is 2. The third-order valence-corrected chi connectivity index (χ3v) is 11.8. The van der Waals surface area contributed by atoms with Crippen molar-refractivity contribution in [2.75, 3.05) is 24.2 Å². The van der Waals surface area contributed by atoms with Crippen molar-refractivity contribution in [3.05, 3.63) is 272 Å². The van der Waals surface area contributed by atoms with Crippen LogP contribution in [0.5, 0.6) is 40.2 Å². The molecule has 0 radical (unpaired) electrons. The molecule has 2 heterocycles. The smallest absolute Gasteiger partial charge is 0.410 e. The number of hydrogen-bond donors (Lipinski definition) is 4. The Labute approximate surface area is 522 Å². The number of amides is 1. The molecule has 18 nitrogen and oxygen atoms in total. The van der Waals surface area contributed by atoms with Crippen molar-refractivity contribution >= 4 is 34.6 Å². The minimum absolute atomic E-state index is 0.0922. The number of halogens is 11. The van der Waals surface area contributed by atoms with E-state index in [-0.39, 0.29) is 40.9 Å². The number of aromatic nitrogens is 1. The number of carbonyl (C=O) groups excluding carboxylic acids is 2. The Kier molecular flexibility index (Phi) is 26.9. The second-order valence-corrected chi connectivity index (χ2v) is 20.0. The number of nitrogen functional groups attached to an aromatic ring is 2. The Bertz CT molecular complexity index is 3950. The Morgan fingerprint density at radius 2 is 0.925 bits per heavy atom. The van der Waals surface area contributed by atoms with Crippen LogP contribution < -0.4 is 31.2 Å². The lowest BCUT2D eigenvalue weighted by Gasteiger charge is -2.33. The molecule has 0 bridgehead atoms. The first kappa shape index (κ1) is 72.4. The zero-order valence-electron chi connectivity index (χ0n) is 48.9. The molecular weight excluding hydrogens is 1250 g/mol. The fourth-order valence-corrected chi connectivity index (χ4v) is 7.42. The molecule has 1 aromatic heterocycles. The minimum atomic E-state index is -0.982. The summed E-state index contributed by atoms with van der Waals surface area (Å²) in [6, 6.07) is 33.7. The number of nitro groups is 2. The second kappa shape index (κ2) is 34.6. The molecule has 93 heavy (non-hydrogen) atoms. The Morgan fingerprint density at radius 1 is 0.548 bits per heavy atom. The summed E-state index contributed by atoms with van der Waals surface area (Å²) in [5, 5.41) is 28.9. The molecule has 1 aliphatic heterocycles. The van der Waals surface area contributed by atoms with Crippen molar-refractivity contribution < 1.29 is 91.8 Å². The fraction of sp³-hybridized carbons (Fsp3) is 0.141. The molecule has 6 N–H and O–H groups in total. The highest BCUT2D eigenvalue weighted by atomic mass is 19.2. The first-order chi connectivity index (χ1) is 44.0. The first-order valence-corrected chi connectivity index (χ1v) is 26.9. The number of piperidine rings is 1. The van der Waals surface area contributed by atoms with E-state index in [0.29, 0.717) is 42.3 Å². The highest BCUT2D eigenvalue weighted by Gasteiger charge is 2.34. The SMILES string of the molecule is CC(C)(C)OC(=O)N1CCCC(C(=O)c2c(F)cncc2F)C1.NNc1ccc(Oc2cc(F)ccc2F)cc1.Nc1ccc(Oc2cc(F)ccc2F)cc1.O=[N+]([O-])c1ccc(F)cc1.O=[N+]([O-])c1ccc(Oc2cc(F)ccc2F)cc1.Oc1cc(F)ccc1F. The van der Waals surface area contributed by atoms with Gasteiger partial charge >= 0.3 is 6.09 Å². The maximum Gasteiger partial charge on any atom is 0.410 e. The van der Waals surface area contributed by atoms with Crippen molar-refractivity contribution in [2.45, 2.75) is 39.2 Å². The summed E-state index contributed by atoms with van der Waals surface area (Å²) in [5.74, 6) is -3.91. The van der Waals surface area contributed by atoms with Gasteiger partial charge in [0.05, 0.1) is 27.8 Å². The summed E-state index contributed by atoms with van der Waals surface area (Å²) in [6.07, 6.45) is 2.14. The molecule has 1 aliphatic rings. The predicted molar refractivity (Wildman–Crippen MR) is 318 cm³/mol. The van der Waals surface area contributed by atoms with Gasteiger partial charge in [0.1, 0.15) is 51.9 Å². The van der Waals surface area contributed by atoms with E-state index in [4.69, 9.17) is 35.6 Å². The lowest BCUT2D eigenvalue weighted by atomic mass is 9.90. The van der Waals surface area contributed by atoms with Crippen LogP contribution in [0, 0.1) is 90.1 Å². The van der Waals surface area contributed by atoms with Crippen LogP contribution in [0.25, 0.3) is 0 Å². The summed E-state index contributed by atoms with van der Waals surface area (Å²) in [6.45, 7) is 5.80. The summed E-state index contributed by atoms with van der Waals surface area (Å²) < 4.78 is 163. The van der Waals surface area contributed by atoms with Gasteiger partial charge in [-0.25, -0.2) is 53.1 Å². The highest BCUT2D eigenvalue weighted by Crippen LogP contribution is 2.30. The molecule has 488 valence electrons. The number of benzene rings is 8. The lowest BCUT2D eigenvalue weighted by Crippen LogP contribution is -2.44. The molecule has 10 rings (SSSR count). The van der Waals surface area contributed by atoms with Crippen LogP contribution in [-0.4, -0.2) is 55.4 Å². The number of phenolic OH excluding ortho intramolecular Hbond substituents is 1. The van der Waals surface area contributed by atoms with Gasteiger partial charge in [-0.3, -0.25) is 35.8 Å². The number of nitrogens with two attached hydrogens (primary N) is 2. The molecular formula is C64H54F11N7O11. The van der Waals surface area contributed by atoms with Gasteiger partial charge in [0.25, 0.3) is 11.4 Å². The minimum Gasteiger partial charge on any atom is -0.505 e. The molecule has 1 amide bonds. The van der Waals surface area contributed by atoms with Gasteiger partial charge in [-0.05, 0) is 155 Å². The van der Waals surface area contributed by atoms with E-state index in [9.17, 15) is 78.1 Å². The number of aromatic hydroxyl groups is 1. The normalized spacial score (nSPS) is 12.1. The van der Waals surface area contributed by atoms with E-state index in [1.165, 1.54) is 29.2 Å². The number of hydrazine groups is 1. The predicted octanol–water partition coefficient (Wildman–Crippen LogP) is 16.6. The molecule has 1 unspecified atom stereocenters. The molecule has 0 aliphatic carbocycles. The van der Waals surface area contributed by atoms with E-state index in [0.717, 1.165) is 109 Å². The average molecular weight is 1310 g/mol. The summed E-state index contributed by atoms with van der Waals surface area (Å²) in [7, 11) is 0. The van der Waals surface area contributed by atoms with Crippen LogP contribution in [0.4, 0.5) is 75.8 Å². The van der Waals surface area contributed by atoms with E-state index in [1.54, 1.807) is 69.3 Å². The zero-order chi connectivity index (χ0) is 68.5. The molecule has 1 fully saturated rings. The van der Waals surface area contributed by atoms with Crippen molar-refractivity contribution in [3.63, 3.8) is 0 Å². The van der Waals surface area contributed by atoms with Crippen LogP contribution in [-0.2, 0) is 4.74 Å². The Morgan fingerprint density at radius 3 is 1.31 bits per heavy atom. The van der Waals surface area contributed by atoms with Gasteiger partial charge in [-0.2, -0.15) is 0 Å². The summed E-state index contributed by atoms with van der Waals surface area (Å²) >= 11 is 0. The lowest BCUT2D eigenvalue weighted by molar-refractivity contribution is -0.385. The largest absolute Gasteiger partial charge is 0.505 e. The van der Waals surface area contributed by atoms with Gasteiger partial charge in [-0.15, -0.1) is 0 Å². The van der Waals surface area contributed by atoms with Crippen molar-refractivity contribution in [3.8, 4) is 40.2 Å². The van der Waals surface area contributed by atoms with Crippen molar-refractivity contribution in [2.24, 2.45) is 11.8 Å². The van der Waals surface area contributed by atoms with Crippen LogP contribution in [0.2, 0.25) is 0 Å².